The van der Waals surface area contributed by atoms with Gasteiger partial charge in [0.2, 0.25) is 0 Å². The van der Waals surface area contributed by atoms with Gasteiger partial charge in [-0.15, -0.1) is 0 Å². The van der Waals surface area contributed by atoms with Crippen LogP contribution in [0, 0.1) is 6.92 Å². The number of ether oxygens (including phenoxy) is 2. The van der Waals surface area contributed by atoms with Crippen molar-refractivity contribution in [1.82, 2.24) is 4.57 Å². The van der Waals surface area contributed by atoms with Crippen LogP contribution < -0.4 is 4.74 Å². The van der Waals surface area contributed by atoms with Gasteiger partial charge in [-0.2, -0.15) is 8.78 Å². The molecule has 0 bridgehead atoms. The lowest BCUT2D eigenvalue weighted by Gasteiger charge is -2.11. The van der Waals surface area contributed by atoms with Crippen molar-refractivity contribution in [2.45, 2.75) is 46.3 Å². The number of aromatic hydroxyl groups is 1. The summed E-state index contributed by atoms with van der Waals surface area (Å²) in [4.78, 5) is 25.7. The number of aromatic nitrogens is 1. The minimum absolute atomic E-state index is 0.0402. The zero-order valence-electron chi connectivity index (χ0n) is 17.7. The number of alkyl halides is 2. The molecule has 3 aromatic rings. The van der Waals surface area contributed by atoms with Crippen LogP contribution in [0.2, 0.25) is 5.02 Å². The van der Waals surface area contributed by atoms with Gasteiger partial charge >= 0.3 is 12.6 Å². The van der Waals surface area contributed by atoms with Gasteiger partial charge in [-0.25, -0.2) is 0 Å². The molecule has 0 saturated carbocycles. The van der Waals surface area contributed by atoms with E-state index in [1.807, 2.05) is 6.92 Å². The number of hydrogen-bond acceptors (Lipinski definition) is 5. The number of hydrogen-bond donors (Lipinski definition) is 1. The van der Waals surface area contributed by atoms with Gasteiger partial charge in [-0.3, -0.25) is 14.2 Å². The summed E-state index contributed by atoms with van der Waals surface area (Å²) >= 11 is 6.08. The molecule has 170 valence electrons. The highest BCUT2D eigenvalue weighted by Gasteiger charge is 2.24. The molecule has 32 heavy (non-hydrogen) atoms. The number of nitrogens with zero attached hydrogens (tertiary/aromatic N) is 1. The molecule has 0 aliphatic carbocycles. The Kier molecular flexibility index (Phi) is 7.03. The molecule has 1 unspecified atom stereocenters. The van der Waals surface area contributed by atoms with Crippen molar-refractivity contribution in [2.24, 2.45) is 0 Å². The molecule has 0 amide bonds. The smallest absolute Gasteiger partial charge is 0.387 e. The molecule has 9 heteroatoms. The lowest BCUT2D eigenvalue weighted by Crippen LogP contribution is -2.17. The van der Waals surface area contributed by atoms with Crippen LogP contribution in [0.5, 0.6) is 11.5 Å². The third kappa shape index (κ3) is 4.85. The van der Waals surface area contributed by atoms with E-state index in [1.54, 1.807) is 13.8 Å². The molecule has 2 aromatic carbocycles. The number of carbonyl (C=O) groups is 2. The fourth-order valence-corrected chi connectivity index (χ4v) is 3.53. The highest BCUT2D eigenvalue weighted by molar-refractivity contribution is 6.33. The molecule has 1 N–H and O–H groups in total. The Balaban J connectivity index is 2.06. The van der Waals surface area contributed by atoms with Crippen LogP contribution in [0.1, 0.15) is 41.9 Å². The Morgan fingerprint density at radius 2 is 1.84 bits per heavy atom. The van der Waals surface area contributed by atoms with Crippen LogP contribution in [0.25, 0.3) is 10.9 Å². The SMILES string of the molecule is CCC(C)OC(=O)Cc1c(C)n(C(=O)c2ccc(OC(F)F)cc2)c2cc(Cl)c(O)cc12. The van der Waals surface area contributed by atoms with Crippen LogP contribution in [0.15, 0.2) is 36.4 Å². The van der Waals surface area contributed by atoms with E-state index in [-0.39, 0.29) is 34.6 Å². The number of rotatable bonds is 7. The molecular formula is C23H22ClF2NO5. The standard InChI is InChI=1S/C23H22ClF2NO5/c1-4-12(2)31-21(29)10-16-13(3)27(19-11-18(24)20(28)9-17(16)19)22(30)14-5-7-15(8-6-14)32-23(25)26/h5-9,11-12,23,28H,4,10H2,1-3H3. The average Bonchev–Trinajstić information content (AvgIpc) is 2.98. The predicted octanol–water partition coefficient (Wildman–Crippen LogP) is 5.48. The molecule has 1 heterocycles. The summed E-state index contributed by atoms with van der Waals surface area (Å²) in [5.74, 6) is -1.18. The fourth-order valence-electron chi connectivity index (χ4n) is 3.38. The molecule has 0 radical (unpaired) electrons. The third-order valence-electron chi connectivity index (χ3n) is 5.16. The number of benzene rings is 2. The highest BCUT2D eigenvalue weighted by atomic mass is 35.5. The van der Waals surface area contributed by atoms with Gasteiger partial charge in [0.05, 0.1) is 23.1 Å². The fraction of sp³-hybridized carbons (Fsp3) is 0.304. The van der Waals surface area contributed by atoms with Crippen LogP contribution in [0.4, 0.5) is 8.78 Å². The normalized spacial score (nSPS) is 12.2. The predicted molar refractivity (Wildman–Crippen MR) is 116 cm³/mol. The number of fused-ring (bicyclic) bond motifs is 1. The largest absolute Gasteiger partial charge is 0.506 e. The molecular weight excluding hydrogens is 444 g/mol. The van der Waals surface area contributed by atoms with Crippen LogP contribution >= 0.6 is 11.6 Å². The van der Waals surface area contributed by atoms with Crippen LogP contribution in [-0.4, -0.2) is 34.3 Å². The van der Waals surface area contributed by atoms with E-state index in [9.17, 15) is 23.5 Å². The van der Waals surface area contributed by atoms with Gasteiger partial charge in [0.1, 0.15) is 11.5 Å². The third-order valence-corrected chi connectivity index (χ3v) is 5.46. The maximum absolute atomic E-state index is 13.3. The number of esters is 1. The van der Waals surface area contributed by atoms with Gasteiger partial charge in [0.25, 0.3) is 5.91 Å². The van der Waals surface area contributed by atoms with Crippen molar-refractivity contribution >= 4 is 34.4 Å². The van der Waals surface area contributed by atoms with E-state index >= 15 is 0 Å². The summed E-state index contributed by atoms with van der Waals surface area (Å²) in [6.45, 7) is 2.37. The van der Waals surface area contributed by atoms with Gasteiger partial charge in [-0.1, -0.05) is 18.5 Å². The molecule has 0 fully saturated rings. The quantitative estimate of drug-likeness (QED) is 0.467. The van der Waals surface area contributed by atoms with Gasteiger partial charge in [-0.05, 0) is 62.2 Å². The van der Waals surface area contributed by atoms with Gasteiger partial charge in [0, 0.05) is 16.6 Å². The van der Waals surface area contributed by atoms with Crippen molar-refractivity contribution < 1.29 is 33.0 Å². The molecule has 6 nitrogen and oxygen atoms in total. The van der Waals surface area contributed by atoms with Crippen molar-refractivity contribution in [2.75, 3.05) is 0 Å². The monoisotopic (exact) mass is 465 g/mol. The summed E-state index contributed by atoms with van der Waals surface area (Å²) in [5.41, 5.74) is 1.60. The first-order valence-corrected chi connectivity index (χ1v) is 10.3. The first-order chi connectivity index (χ1) is 15.1. The van der Waals surface area contributed by atoms with Gasteiger partial charge < -0.3 is 14.6 Å². The zero-order chi connectivity index (χ0) is 23.6. The second kappa shape index (κ2) is 9.56. The first kappa shape index (κ1) is 23.5. The summed E-state index contributed by atoms with van der Waals surface area (Å²) in [5, 5.41) is 10.6. The topological polar surface area (TPSA) is 77.8 Å². The van der Waals surface area contributed by atoms with Crippen LogP contribution in [-0.2, 0) is 16.0 Å². The van der Waals surface area contributed by atoms with E-state index in [1.165, 1.54) is 41.0 Å². The molecule has 1 aromatic heterocycles. The zero-order valence-corrected chi connectivity index (χ0v) is 18.5. The molecule has 0 aliphatic rings. The number of phenols is 1. The molecule has 0 saturated heterocycles. The maximum Gasteiger partial charge on any atom is 0.387 e. The van der Waals surface area contributed by atoms with Gasteiger partial charge in [0.15, 0.2) is 0 Å². The molecule has 0 aliphatic heterocycles. The van der Waals surface area contributed by atoms with E-state index in [4.69, 9.17) is 16.3 Å². The molecule has 0 spiro atoms. The van der Waals surface area contributed by atoms with E-state index < -0.39 is 18.5 Å². The minimum Gasteiger partial charge on any atom is -0.506 e. The Morgan fingerprint density at radius 1 is 1.19 bits per heavy atom. The van der Waals surface area contributed by atoms with E-state index in [0.717, 1.165) is 0 Å². The number of phenolic OH excluding ortho intramolecular Hbond substituents is 1. The summed E-state index contributed by atoms with van der Waals surface area (Å²) in [7, 11) is 0. The summed E-state index contributed by atoms with van der Waals surface area (Å²) < 4.78 is 35.8. The molecule has 3 rings (SSSR count). The van der Waals surface area contributed by atoms with Crippen molar-refractivity contribution in [3.63, 3.8) is 0 Å². The Labute approximate surface area is 188 Å². The lowest BCUT2D eigenvalue weighted by molar-refractivity contribution is -0.147. The Bertz CT molecular complexity index is 1160. The first-order valence-electron chi connectivity index (χ1n) is 9.93. The van der Waals surface area contributed by atoms with Crippen molar-refractivity contribution in [3.05, 3.63) is 58.2 Å². The second-order valence-corrected chi connectivity index (χ2v) is 7.72. The Morgan fingerprint density at radius 3 is 2.44 bits per heavy atom. The Hall–Kier alpha value is -3.13. The van der Waals surface area contributed by atoms with Crippen LogP contribution in [0.3, 0.4) is 0 Å². The second-order valence-electron chi connectivity index (χ2n) is 7.31. The lowest BCUT2D eigenvalue weighted by atomic mass is 10.1. The van der Waals surface area contributed by atoms with E-state index in [0.29, 0.717) is 28.6 Å². The highest BCUT2D eigenvalue weighted by Crippen LogP contribution is 2.35. The number of carbonyl (C=O) groups excluding carboxylic acids is 2. The maximum atomic E-state index is 13.3. The molecule has 1 atom stereocenters. The van der Waals surface area contributed by atoms with Crippen molar-refractivity contribution in [3.8, 4) is 11.5 Å². The minimum atomic E-state index is -2.97. The van der Waals surface area contributed by atoms with Crippen molar-refractivity contribution in [1.29, 1.82) is 0 Å². The van der Waals surface area contributed by atoms with E-state index in [2.05, 4.69) is 4.74 Å². The number of halogens is 3. The average molecular weight is 466 g/mol. The summed E-state index contributed by atoms with van der Waals surface area (Å²) in [6.07, 6.45) is 0.302. The summed E-state index contributed by atoms with van der Waals surface area (Å²) in [6, 6.07) is 8.11.